The Morgan fingerprint density at radius 1 is 1.48 bits per heavy atom. The molecule has 1 saturated carbocycles. The van der Waals surface area contributed by atoms with E-state index >= 15 is 0 Å². The van der Waals surface area contributed by atoms with E-state index in [1.807, 2.05) is 19.9 Å². The number of nitrogens with two attached hydrogens (primary N) is 1. The van der Waals surface area contributed by atoms with Crippen LogP contribution in [0.3, 0.4) is 0 Å². The highest BCUT2D eigenvalue weighted by molar-refractivity contribution is 5.89. The molecule has 1 saturated heterocycles. The molecule has 0 radical (unpaired) electrons. The molecule has 3 atom stereocenters. The zero-order valence-corrected chi connectivity index (χ0v) is 14.0. The number of carbonyl (C=O) groups excluding carboxylic acids is 1. The van der Waals surface area contributed by atoms with Crippen LogP contribution in [0.2, 0.25) is 0 Å². The molecule has 126 valence electrons. The van der Waals surface area contributed by atoms with Gasteiger partial charge in [-0.1, -0.05) is 26.0 Å². The molecule has 2 fully saturated rings. The van der Waals surface area contributed by atoms with Crippen molar-refractivity contribution in [3.8, 4) is 0 Å². The van der Waals surface area contributed by atoms with Gasteiger partial charge in [-0.05, 0) is 37.0 Å². The SMILES string of the molecule is Cc1ccc(CNC(=O)C2(N)C3CCCOC3C2(C)C)cc1F. The molecule has 1 aromatic rings. The van der Waals surface area contributed by atoms with Gasteiger partial charge < -0.3 is 15.8 Å². The number of benzene rings is 1. The van der Waals surface area contributed by atoms with Crippen molar-refractivity contribution in [3.05, 3.63) is 35.1 Å². The van der Waals surface area contributed by atoms with Crippen molar-refractivity contribution in [3.63, 3.8) is 0 Å². The third-order valence-corrected chi connectivity index (χ3v) is 5.75. The molecule has 1 aliphatic carbocycles. The molecular formula is C18H25FN2O2. The van der Waals surface area contributed by atoms with Crippen molar-refractivity contribution in [1.82, 2.24) is 5.32 Å². The molecule has 3 unspecified atom stereocenters. The number of rotatable bonds is 3. The molecule has 1 amide bonds. The molecule has 0 spiro atoms. The Labute approximate surface area is 136 Å². The maximum absolute atomic E-state index is 13.6. The normalized spacial score (nSPS) is 31.9. The Kier molecular flexibility index (Phi) is 3.97. The monoisotopic (exact) mass is 320 g/mol. The van der Waals surface area contributed by atoms with Gasteiger partial charge in [-0.25, -0.2) is 4.39 Å². The largest absolute Gasteiger partial charge is 0.377 e. The highest BCUT2D eigenvalue weighted by Gasteiger charge is 2.70. The van der Waals surface area contributed by atoms with E-state index in [-0.39, 0.29) is 30.3 Å². The van der Waals surface area contributed by atoms with E-state index in [0.29, 0.717) is 5.56 Å². The predicted molar refractivity (Wildman–Crippen MR) is 86.1 cm³/mol. The average Bonchev–Trinajstić information content (AvgIpc) is 2.54. The van der Waals surface area contributed by atoms with Gasteiger partial charge in [-0.15, -0.1) is 0 Å². The number of hydrogen-bond acceptors (Lipinski definition) is 3. The first-order valence-corrected chi connectivity index (χ1v) is 8.22. The van der Waals surface area contributed by atoms with E-state index in [1.165, 1.54) is 6.07 Å². The number of nitrogens with one attached hydrogen (secondary N) is 1. The van der Waals surface area contributed by atoms with Crippen LogP contribution in [0.25, 0.3) is 0 Å². The summed E-state index contributed by atoms with van der Waals surface area (Å²) in [6.45, 7) is 6.72. The van der Waals surface area contributed by atoms with Gasteiger partial charge in [-0.3, -0.25) is 4.79 Å². The maximum Gasteiger partial charge on any atom is 0.241 e. The molecule has 23 heavy (non-hydrogen) atoms. The number of amides is 1. The fourth-order valence-corrected chi connectivity index (χ4v) is 4.11. The topological polar surface area (TPSA) is 64.4 Å². The zero-order chi connectivity index (χ0) is 16.8. The molecule has 1 aliphatic heterocycles. The molecule has 5 heteroatoms. The Bertz CT molecular complexity index is 631. The third kappa shape index (κ3) is 2.37. The van der Waals surface area contributed by atoms with Gasteiger partial charge in [0.05, 0.1) is 6.10 Å². The Hall–Kier alpha value is -1.46. The van der Waals surface area contributed by atoms with E-state index in [9.17, 15) is 9.18 Å². The number of carbonyl (C=O) groups is 1. The van der Waals surface area contributed by atoms with E-state index < -0.39 is 11.0 Å². The van der Waals surface area contributed by atoms with Gasteiger partial charge in [-0.2, -0.15) is 0 Å². The second-order valence-electron chi connectivity index (χ2n) is 7.40. The summed E-state index contributed by atoms with van der Waals surface area (Å²) in [5.41, 5.74) is 6.53. The van der Waals surface area contributed by atoms with Crippen LogP contribution in [0, 0.1) is 24.1 Å². The molecule has 0 bridgehead atoms. The first-order chi connectivity index (χ1) is 10.8. The first kappa shape index (κ1) is 16.4. The molecule has 3 rings (SSSR count). The second-order valence-corrected chi connectivity index (χ2v) is 7.40. The second kappa shape index (κ2) is 5.56. The van der Waals surface area contributed by atoms with Crippen LogP contribution in [0.5, 0.6) is 0 Å². The maximum atomic E-state index is 13.6. The lowest BCUT2D eigenvalue weighted by Crippen LogP contribution is -2.82. The van der Waals surface area contributed by atoms with Gasteiger partial charge in [0.1, 0.15) is 11.4 Å². The summed E-state index contributed by atoms with van der Waals surface area (Å²) in [7, 11) is 0. The minimum Gasteiger partial charge on any atom is -0.377 e. The predicted octanol–water partition coefficient (Wildman–Crippen LogP) is 2.28. The molecule has 3 N–H and O–H groups in total. The van der Waals surface area contributed by atoms with Gasteiger partial charge in [0.15, 0.2) is 0 Å². The average molecular weight is 320 g/mol. The van der Waals surface area contributed by atoms with Crippen molar-refractivity contribution in [1.29, 1.82) is 0 Å². The standard InChI is InChI=1S/C18H25FN2O2/c1-11-6-7-12(9-14(11)19)10-21-16(22)18(20)13-5-4-8-23-15(13)17(18,2)3/h6-7,9,13,15H,4-5,8,10,20H2,1-3H3,(H,21,22). The molecule has 0 aromatic heterocycles. The summed E-state index contributed by atoms with van der Waals surface area (Å²) in [6, 6.07) is 4.99. The molecule has 1 aromatic carbocycles. The van der Waals surface area contributed by atoms with Gasteiger partial charge in [0.2, 0.25) is 5.91 Å². The van der Waals surface area contributed by atoms with Crippen LogP contribution in [0.1, 0.15) is 37.8 Å². The van der Waals surface area contributed by atoms with Crippen LogP contribution in [0.15, 0.2) is 18.2 Å². The minimum absolute atomic E-state index is 0.0452. The first-order valence-electron chi connectivity index (χ1n) is 8.22. The molecule has 4 nitrogen and oxygen atoms in total. The highest BCUT2D eigenvalue weighted by Crippen LogP contribution is 2.57. The fourth-order valence-electron chi connectivity index (χ4n) is 4.11. The van der Waals surface area contributed by atoms with Crippen molar-refractivity contribution < 1.29 is 13.9 Å². The quantitative estimate of drug-likeness (QED) is 0.898. The number of ether oxygens (including phenoxy) is 1. The Morgan fingerprint density at radius 2 is 2.22 bits per heavy atom. The zero-order valence-electron chi connectivity index (χ0n) is 14.0. The van der Waals surface area contributed by atoms with Gasteiger partial charge in [0, 0.05) is 24.5 Å². The lowest BCUT2D eigenvalue weighted by atomic mass is 9.46. The Balaban J connectivity index is 1.71. The molecule has 1 heterocycles. The van der Waals surface area contributed by atoms with Crippen molar-refractivity contribution in [2.24, 2.45) is 17.1 Å². The van der Waals surface area contributed by atoms with Crippen LogP contribution >= 0.6 is 0 Å². The summed E-state index contributed by atoms with van der Waals surface area (Å²) in [5, 5.41) is 2.89. The van der Waals surface area contributed by atoms with E-state index in [0.717, 1.165) is 25.0 Å². The number of halogens is 1. The fraction of sp³-hybridized carbons (Fsp3) is 0.611. The number of hydrogen-bond donors (Lipinski definition) is 2. The summed E-state index contributed by atoms with van der Waals surface area (Å²) in [5.74, 6) is -0.375. The Morgan fingerprint density at radius 3 is 2.91 bits per heavy atom. The van der Waals surface area contributed by atoms with E-state index in [4.69, 9.17) is 10.5 Å². The van der Waals surface area contributed by atoms with E-state index in [1.54, 1.807) is 13.0 Å². The number of aryl methyl sites for hydroxylation is 1. The summed E-state index contributed by atoms with van der Waals surface area (Å²) in [6.07, 6.45) is 1.90. The van der Waals surface area contributed by atoms with Crippen LogP contribution in [0.4, 0.5) is 4.39 Å². The van der Waals surface area contributed by atoms with Crippen LogP contribution in [-0.2, 0) is 16.1 Å². The number of fused-ring (bicyclic) bond motifs is 1. The molecular weight excluding hydrogens is 295 g/mol. The lowest BCUT2D eigenvalue weighted by molar-refractivity contribution is -0.225. The van der Waals surface area contributed by atoms with Gasteiger partial charge in [0.25, 0.3) is 0 Å². The summed E-state index contributed by atoms with van der Waals surface area (Å²) < 4.78 is 19.4. The van der Waals surface area contributed by atoms with Crippen molar-refractivity contribution >= 4 is 5.91 Å². The van der Waals surface area contributed by atoms with Crippen LogP contribution < -0.4 is 11.1 Å². The lowest BCUT2D eigenvalue weighted by Gasteiger charge is -2.65. The van der Waals surface area contributed by atoms with Crippen molar-refractivity contribution in [2.45, 2.75) is 51.8 Å². The summed E-state index contributed by atoms with van der Waals surface area (Å²) >= 11 is 0. The molecule has 2 aliphatic rings. The third-order valence-electron chi connectivity index (χ3n) is 5.75. The van der Waals surface area contributed by atoms with Crippen LogP contribution in [-0.4, -0.2) is 24.2 Å². The minimum atomic E-state index is -0.929. The summed E-state index contributed by atoms with van der Waals surface area (Å²) in [4.78, 5) is 12.8. The van der Waals surface area contributed by atoms with Gasteiger partial charge >= 0.3 is 0 Å². The smallest absolute Gasteiger partial charge is 0.241 e. The van der Waals surface area contributed by atoms with Crippen molar-refractivity contribution in [2.75, 3.05) is 6.61 Å². The highest BCUT2D eigenvalue weighted by atomic mass is 19.1. The van der Waals surface area contributed by atoms with E-state index in [2.05, 4.69) is 5.32 Å².